The number of hydrogen-bond acceptors (Lipinski definition) is 3. The Morgan fingerprint density at radius 3 is 2.76 bits per heavy atom. The third-order valence-corrected chi connectivity index (χ3v) is 4.42. The summed E-state index contributed by atoms with van der Waals surface area (Å²) in [5.41, 5.74) is 2.44. The zero-order valence-electron chi connectivity index (χ0n) is 12.7. The Balaban J connectivity index is 1.66. The van der Waals surface area contributed by atoms with Gasteiger partial charge in [0.1, 0.15) is 0 Å². The Bertz CT molecular complexity index is 550. The number of rotatable bonds is 5. The molecule has 0 spiro atoms. The van der Waals surface area contributed by atoms with Crippen molar-refractivity contribution in [2.75, 3.05) is 7.11 Å². The summed E-state index contributed by atoms with van der Waals surface area (Å²) in [6.45, 7) is 2.22. The van der Waals surface area contributed by atoms with E-state index in [-0.39, 0.29) is 0 Å². The molecule has 1 saturated carbocycles. The lowest BCUT2D eigenvalue weighted by atomic mass is 10.1. The van der Waals surface area contributed by atoms with Crippen LogP contribution in [0.2, 0.25) is 0 Å². The molecular weight excluding hydrogens is 262 g/mol. The van der Waals surface area contributed by atoms with E-state index in [9.17, 15) is 0 Å². The first kappa shape index (κ1) is 14.3. The quantitative estimate of drug-likeness (QED) is 0.917. The van der Waals surface area contributed by atoms with E-state index in [1.165, 1.54) is 24.8 Å². The molecule has 112 valence electrons. The zero-order valence-corrected chi connectivity index (χ0v) is 12.7. The van der Waals surface area contributed by atoms with Crippen molar-refractivity contribution in [1.29, 1.82) is 0 Å². The summed E-state index contributed by atoms with van der Waals surface area (Å²) in [6.07, 6.45) is 9.55. The van der Waals surface area contributed by atoms with Crippen molar-refractivity contribution >= 4 is 0 Å². The van der Waals surface area contributed by atoms with Gasteiger partial charge in [0, 0.05) is 37.3 Å². The predicted octanol–water partition coefficient (Wildman–Crippen LogP) is 3.09. The SMILES string of the molecule is COC1CCCC1NC(C)c1ccc(-n2ccnc2)cc1. The van der Waals surface area contributed by atoms with Crippen molar-refractivity contribution in [3.8, 4) is 5.69 Å². The topological polar surface area (TPSA) is 39.1 Å². The fourth-order valence-corrected chi connectivity index (χ4v) is 3.16. The van der Waals surface area contributed by atoms with Gasteiger partial charge in [-0.15, -0.1) is 0 Å². The van der Waals surface area contributed by atoms with E-state index < -0.39 is 0 Å². The molecule has 21 heavy (non-hydrogen) atoms. The van der Waals surface area contributed by atoms with Gasteiger partial charge in [-0.05, 0) is 43.9 Å². The van der Waals surface area contributed by atoms with Crippen LogP contribution in [0.15, 0.2) is 43.0 Å². The molecule has 1 N–H and O–H groups in total. The summed E-state index contributed by atoms with van der Waals surface area (Å²) in [5, 5.41) is 3.71. The van der Waals surface area contributed by atoms with E-state index in [1.54, 1.807) is 6.20 Å². The lowest BCUT2D eigenvalue weighted by Gasteiger charge is -2.24. The molecular formula is C17H23N3O. The molecule has 0 radical (unpaired) electrons. The van der Waals surface area contributed by atoms with Crippen molar-refractivity contribution in [2.24, 2.45) is 0 Å². The number of ether oxygens (including phenoxy) is 1. The minimum atomic E-state index is 0.336. The van der Waals surface area contributed by atoms with Crippen molar-refractivity contribution < 1.29 is 4.74 Å². The first-order chi connectivity index (χ1) is 10.3. The fraction of sp³-hybridized carbons (Fsp3) is 0.471. The number of hydrogen-bond donors (Lipinski definition) is 1. The van der Waals surface area contributed by atoms with Gasteiger partial charge < -0.3 is 14.6 Å². The van der Waals surface area contributed by atoms with Gasteiger partial charge in [0.05, 0.1) is 12.4 Å². The van der Waals surface area contributed by atoms with Gasteiger partial charge in [0.15, 0.2) is 0 Å². The van der Waals surface area contributed by atoms with Crippen molar-refractivity contribution in [3.63, 3.8) is 0 Å². The molecule has 2 aromatic rings. The molecule has 4 nitrogen and oxygen atoms in total. The van der Waals surface area contributed by atoms with Gasteiger partial charge in [-0.2, -0.15) is 0 Å². The average Bonchev–Trinajstić information content (AvgIpc) is 3.18. The van der Waals surface area contributed by atoms with Crippen LogP contribution in [0.25, 0.3) is 5.69 Å². The molecule has 3 unspecified atom stereocenters. The predicted molar refractivity (Wildman–Crippen MR) is 83.6 cm³/mol. The van der Waals surface area contributed by atoms with Crippen LogP contribution in [-0.4, -0.2) is 28.8 Å². The average molecular weight is 285 g/mol. The van der Waals surface area contributed by atoms with E-state index in [1.807, 2.05) is 24.2 Å². The molecule has 3 rings (SSSR count). The molecule has 0 bridgehead atoms. The number of nitrogens with zero attached hydrogens (tertiary/aromatic N) is 2. The monoisotopic (exact) mass is 285 g/mol. The minimum absolute atomic E-state index is 0.336. The van der Waals surface area contributed by atoms with Crippen LogP contribution in [0.1, 0.15) is 37.8 Å². The van der Waals surface area contributed by atoms with Gasteiger partial charge in [0.2, 0.25) is 0 Å². The third kappa shape index (κ3) is 3.17. The Kier molecular flexibility index (Phi) is 4.36. The maximum absolute atomic E-state index is 5.56. The van der Waals surface area contributed by atoms with Crippen LogP contribution < -0.4 is 5.32 Å². The van der Waals surface area contributed by atoms with Gasteiger partial charge in [-0.1, -0.05) is 12.1 Å². The normalized spacial score (nSPS) is 23.3. The first-order valence-corrected chi connectivity index (χ1v) is 7.65. The molecule has 1 fully saturated rings. The summed E-state index contributed by atoms with van der Waals surface area (Å²) in [7, 11) is 1.81. The Morgan fingerprint density at radius 1 is 1.29 bits per heavy atom. The third-order valence-electron chi connectivity index (χ3n) is 4.42. The molecule has 3 atom stereocenters. The highest BCUT2D eigenvalue weighted by Crippen LogP contribution is 2.25. The fourth-order valence-electron chi connectivity index (χ4n) is 3.16. The largest absolute Gasteiger partial charge is 0.380 e. The van der Waals surface area contributed by atoms with Crippen molar-refractivity contribution in [1.82, 2.24) is 14.9 Å². The standard InChI is InChI=1S/C17H23N3O/c1-13(19-16-4-3-5-17(16)21-2)14-6-8-15(9-7-14)20-11-10-18-12-20/h6-13,16-17,19H,3-5H2,1-2H3. The summed E-state index contributed by atoms with van der Waals surface area (Å²) < 4.78 is 7.57. The number of methoxy groups -OCH3 is 1. The molecule has 4 heteroatoms. The zero-order chi connectivity index (χ0) is 14.7. The summed E-state index contributed by atoms with van der Waals surface area (Å²) in [6, 6.07) is 9.45. The first-order valence-electron chi connectivity index (χ1n) is 7.65. The van der Waals surface area contributed by atoms with Crippen LogP contribution in [0.4, 0.5) is 0 Å². The van der Waals surface area contributed by atoms with E-state index >= 15 is 0 Å². The lowest BCUT2D eigenvalue weighted by molar-refractivity contribution is 0.0820. The molecule has 1 aliphatic rings. The van der Waals surface area contributed by atoms with E-state index in [2.05, 4.69) is 41.5 Å². The molecule has 1 heterocycles. The van der Waals surface area contributed by atoms with E-state index in [0.29, 0.717) is 18.2 Å². The minimum Gasteiger partial charge on any atom is -0.380 e. The maximum Gasteiger partial charge on any atom is 0.0991 e. The summed E-state index contributed by atoms with van der Waals surface area (Å²) in [4.78, 5) is 4.08. The smallest absolute Gasteiger partial charge is 0.0991 e. The molecule has 1 aromatic heterocycles. The second-order valence-corrected chi connectivity index (χ2v) is 5.76. The maximum atomic E-state index is 5.56. The van der Waals surface area contributed by atoms with Gasteiger partial charge in [0.25, 0.3) is 0 Å². The number of aromatic nitrogens is 2. The lowest BCUT2D eigenvalue weighted by Crippen LogP contribution is -2.38. The molecule has 0 amide bonds. The summed E-state index contributed by atoms with van der Waals surface area (Å²) >= 11 is 0. The summed E-state index contributed by atoms with van der Waals surface area (Å²) in [5.74, 6) is 0. The van der Waals surface area contributed by atoms with Crippen molar-refractivity contribution in [3.05, 3.63) is 48.5 Å². The Hall–Kier alpha value is -1.65. The highest BCUT2D eigenvalue weighted by Gasteiger charge is 2.28. The van der Waals surface area contributed by atoms with Crippen LogP contribution in [0.5, 0.6) is 0 Å². The van der Waals surface area contributed by atoms with Crippen LogP contribution >= 0.6 is 0 Å². The molecule has 1 aliphatic carbocycles. The highest BCUT2D eigenvalue weighted by atomic mass is 16.5. The van der Waals surface area contributed by atoms with Crippen LogP contribution in [0.3, 0.4) is 0 Å². The molecule has 0 aliphatic heterocycles. The highest BCUT2D eigenvalue weighted by molar-refractivity contribution is 5.35. The van der Waals surface area contributed by atoms with Crippen molar-refractivity contribution in [2.45, 2.75) is 44.4 Å². The van der Waals surface area contributed by atoms with Gasteiger partial charge >= 0.3 is 0 Å². The Morgan fingerprint density at radius 2 is 2.10 bits per heavy atom. The molecule has 1 aromatic carbocycles. The second-order valence-electron chi connectivity index (χ2n) is 5.76. The molecule has 0 saturated heterocycles. The number of imidazole rings is 1. The van der Waals surface area contributed by atoms with Gasteiger partial charge in [-0.25, -0.2) is 4.98 Å². The van der Waals surface area contributed by atoms with Gasteiger partial charge in [-0.3, -0.25) is 0 Å². The number of nitrogens with one attached hydrogen (secondary N) is 1. The van der Waals surface area contributed by atoms with Crippen LogP contribution in [-0.2, 0) is 4.74 Å². The van der Waals surface area contributed by atoms with Crippen LogP contribution in [0, 0.1) is 0 Å². The number of benzene rings is 1. The van der Waals surface area contributed by atoms with E-state index in [0.717, 1.165) is 5.69 Å². The Labute approximate surface area is 126 Å². The van der Waals surface area contributed by atoms with E-state index in [4.69, 9.17) is 4.74 Å². The second kappa shape index (κ2) is 6.41.